The number of morpholine rings is 1. The molecule has 1 aliphatic rings. The summed E-state index contributed by atoms with van der Waals surface area (Å²) in [5.41, 5.74) is 1.14. The van der Waals surface area contributed by atoms with Crippen LogP contribution in [0.25, 0.3) is 0 Å². The highest BCUT2D eigenvalue weighted by molar-refractivity contribution is 5.40. The number of ether oxygens (including phenoxy) is 3. The molecule has 88 valence electrons. The van der Waals surface area contributed by atoms with Gasteiger partial charge in [-0.3, -0.25) is 0 Å². The van der Waals surface area contributed by atoms with E-state index in [1.165, 1.54) is 0 Å². The van der Waals surface area contributed by atoms with E-state index in [1.54, 1.807) is 14.2 Å². The quantitative estimate of drug-likeness (QED) is 0.840. The molecule has 4 nitrogen and oxygen atoms in total. The van der Waals surface area contributed by atoms with E-state index in [9.17, 15) is 0 Å². The van der Waals surface area contributed by atoms with Gasteiger partial charge in [-0.15, -0.1) is 0 Å². The maximum Gasteiger partial charge on any atom is 0.122 e. The molecule has 0 aliphatic carbocycles. The molecule has 0 radical (unpaired) electrons. The highest BCUT2D eigenvalue weighted by Gasteiger charge is 2.16. The standard InChI is InChI=1S/C12H17NO3/c1-14-10-5-9(6-11(7-10)15-2)12-8-16-4-3-13-12/h5-7,12-13H,3-4,8H2,1-2H3/t12-/m0/s1. The maximum absolute atomic E-state index is 5.44. The second-order valence-corrected chi connectivity index (χ2v) is 3.73. The fourth-order valence-corrected chi connectivity index (χ4v) is 1.81. The SMILES string of the molecule is COc1cc(OC)cc([C@@H]2COCCN2)c1. The van der Waals surface area contributed by atoms with E-state index in [0.717, 1.165) is 30.2 Å². The van der Waals surface area contributed by atoms with Gasteiger partial charge in [0.25, 0.3) is 0 Å². The van der Waals surface area contributed by atoms with Crippen molar-refractivity contribution in [2.45, 2.75) is 6.04 Å². The number of rotatable bonds is 3. The first-order valence-corrected chi connectivity index (χ1v) is 5.37. The molecule has 0 unspecified atom stereocenters. The molecule has 0 saturated carbocycles. The lowest BCUT2D eigenvalue weighted by molar-refractivity contribution is 0.0767. The normalized spacial score (nSPS) is 20.5. The van der Waals surface area contributed by atoms with Gasteiger partial charge in [-0.1, -0.05) is 0 Å². The molecule has 1 aliphatic heterocycles. The fourth-order valence-electron chi connectivity index (χ4n) is 1.81. The lowest BCUT2D eigenvalue weighted by atomic mass is 10.1. The summed E-state index contributed by atoms with van der Waals surface area (Å²) < 4.78 is 15.9. The second-order valence-electron chi connectivity index (χ2n) is 3.73. The number of hydrogen-bond donors (Lipinski definition) is 1. The Kier molecular flexibility index (Phi) is 3.64. The third-order valence-corrected chi connectivity index (χ3v) is 2.70. The summed E-state index contributed by atoms with van der Waals surface area (Å²) in [6.45, 7) is 2.35. The third-order valence-electron chi connectivity index (χ3n) is 2.70. The Hall–Kier alpha value is -1.26. The Labute approximate surface area is 95.5 Å². The highest BCUT2D eigenvalue weighted by atomic mass is 16.5. The van der Waals surface area contributed by atoms with Crippen molar-refractivity contribution in [2.75, 3.05) is 34.0 Å². The smallest absolute Gasteiger partial charge is 0.122 e. The highest BCUT2D eigenvalue weighted by Crippen LogP contribution is 2.27. The molecule has 0 spiro atoms. The number of nitrogens with one attached hydrogen (secondary N) is 1. The van der Waals surface area contributed by atoms with Crippen LogP contribution < -0.4 is 14.8 Å². The molecule has 0 aromatic heterocycles. The van der Waals surface area contributed by atoms with Crippen LogP contribution in [0.3, 0.4) is 0 Å². The zero-order chi connectivity index (χ0) is 11.4. The van der Waals surface area contributed by atoms with Crippen LogP contribution in [0.15, 0.2) is 18.2 Å². The van der Waals surface area contributed by atoms with Crippen molar-refractivity contribution < 1.29 is 14.2 Å². The zero-order valence-electron chi connectivity index (χ0n) is 9.66. The Morgan fingerprint density at radius 1 is 1.19 bits per heavy atom. The van der Waals surface area contributed by atoms with Gasteiger partial charge in [-0.25, -0.2) is 0 Å². The van der Waals surface area contributed by atoms with Gasteiger partial charge in [-0.05, 0) is 17.7 Å². The van der Waals surface area contributed by atoms with E-state index >= 15 is 0 Å². The molecule has 4 heteroatoms. The van der Waals surface area contributed by atoms with Gasteiger partial charge >= 0.3 is 0 Å². The van der Waals surface area contributed by atoms with Crippen LogP contribution in [0.2, 0.25) is 0 Å². The summed E-state index contributed by atoms with van der Waals surface area (Å²) in [7, 11) is 3.31. The van der Waals surface area contributed by atoms with Crippen LogP contribution >= 0.6 is 0 Å². The van der Waals surface area contributed by atoms with Crippen LogP contribution in [0.1, 0.15) is 11.6 Å². The predicted molar refractivity (Wildman–Crippen MR) is 61.1 cm³/mol. The van der Waals surface area contributed by atoms with E-state index in [0.29, 0.717) is 6.61 Å². The summed E-state index contributed by atoms with van der Waals surface area (Å²) in [4.78, 5) is 0. The average Bonchev–Trinajstić information content (AvgIpc) is 2.39. The number of methoxy groups -OCH3 is 2. The summed E-state index contributed by atoms with van der Waals surface area (Å²) in [5, 5.41) is 3.40. The number of benzene rings is 1. The molecule has 16 heavy (non-hydrogen) atoms. The first-order valence-electron chi connectivity index (χ1n) is 5.37. The van der Waals surface area contributed by atoms with Crippen molar-refractivity contribution in [3.63, 3.8) is 0 Å². The van der Waals surface area contributed by atoms with Crippen molar-refractivity contribution in [2.24, 2.45) is 0 Å². The van der Waals surface area contributed by atoms with Gasteiger partial charge in [0.2, 0.25) is 0 Å². The topological polar surface area (TPSA) is 39.7 Å². The van der Waals surface area contributed by atoms with Crippen molar-refractivity contribution in [3.8, 4) is 11.5 Å². The molecule has 0 bridgehead atoms. The fraction of sp³-hybridized carbons (Fsp3) is 0.500. The predicted octanol–water partition coefficient (Wildman–Crippen LogP) is 1.36. The van der Waals surface area contributed by atoms with E-state index in [-0.39, 0.29) is 6.04 Å². The summed E-state index contributed by atoms with van der Waals surface area (Å²) in [5.74, 6) is 1.61. The Morgan fingerprint density at radius 2 is 1.88 bits per heavy atom. The Bertz CT molecular complexity index is 326. The largest absolute Gasteiger partial charge is 0.497 e. The Morgan fingerprint density at radius 3 is 2.38 bits per heavy atom. The van der Waals surface area contributed by atoms with Crippen LogP contribution in [0, 0.1) is 0 Å². The summed E-state index contributed by atoms with van der Waals surface area (Å²) in [6.07, 6.45) is 0. The molecule has 2 rings (SSSR count). The molecule has 1 atom stereocenters. The lowest BCUT2D eigenvalue weighted by Crippen LogP contribution is -2.34. The van der Waals surface area contributed by atoms with Crippen molar-refractivity contribution in [1.29, 1.82) is 0 Å². The van der Waals surface area contributed by atoms with Gasteiger partial charge in [0.05, 0.1) is 33.5 Å². The van der Waals surface area contributed by atoms with Crippen molar-refractivity contribution in [1.82, 2.24) is 5.32 Å². The molecule has 0 amide bonds. The lowest BCUT2D eigenvalue weighted by Gasteiger charge is -2.24. The van der Waals surface area contributed by atoms with Crippen LogP contribution in [0.4, 0.5) is 0 Å². The maximum atomic E-state index is 5.44. The molecule has 1 heterocycles. The minimum atomic E-state index is 0.220. The third kappa shape index (κ3) is 2.46. The van der Waals surface area contributed by atoms with Crippen LogP contribution in [-0.4, -0.2) is 34.0 Å². The van der Waals surface area contributed by atoms with Crippen molar-refractivity contribution in [3.05, 3.63) is 23.8 Å². The molecular weight excluding hydrogens is 206 g/mol. The van der Waals surface area contributed by atoms with Crippen LogP contribution in [-0.2, 0) is 4.74 Å². The first kappa shape index (κ1) is 11.2. The average molecular weight is 223 g/mol. The second kappa shape index (κ2) is 5.18. The summed E-state index contributed by atoms with van der Waals surface area (Å²) in [6, 6.07) is 6.11. The minimum Gasteiger partial charge on any atom is -0.497 e. The molecule has 1 N–H and O–H groups in total. The molecule has 1 aromatic rings. The zero-order valence-corrected chi connectivity index (χ0v) is 9.66. The summed E-state index contributed by atoms with van der Waals surface area (Å²) >= 11 is 0. The first-order chi connectivity index (χ1) is 7.83. The molecule has 1 saturated heterocycles. The molecular formula is C12H17NO3. The van der Waals surface area contributed by atoms with Crippen molar-refractivity contribution >= 4 is 0 Å². The van der Waals surface area contributed by atoms with E-state index < -0.39 is 0 Å². The van der Waals surface area contributed by atoms with E-state index in [4.69, 9.17) is 14.2 Å². The van der Waals surface area contributed by atoms with Crippen LogP contribution in [0.5, 0.6) is 11.5 Å². The van der Waals surface area contributed by atoms with E-state index in [1.807, 2.05) is 18.2 Å². The van der Waals surface area contributed by atoms with Gasteiger partial charge in [0, 0.05) is 12.6 Å². The molecule has 1 fully saturated rings. The molecule has 1 aromatic carbocycles. The van der Waals surface area contributed by atoms with Gasteiger partial charge < -0.3 is 19.5 Å². The monoisotopic (exact) mass is 223 g/mol. The number of hydrogen-bond acceptors (Lipinski definition) is 4. The van der Waals surface area contributed by atoms with Gasteiger partial charge in [0.15, 0.2) is 0 Å². The van der Waals surface area contributed by atoms with E-state index in [2.05, 4.69) is 5.32 Å². The Balaban J connectivity index is 2.24. The minimum absolute atomic E-state index is 0.220. The van der Waals surface area contributed by atoms with Gasteiger partial charge in [-0.2, -0.15) is 0 Å². The van der Waals surface area contributed by atoms with Gasteiger partial charge in [0.1, 0.15) is 11.5 Å².